The minimum Gasteiger partial charge on any atom is -0.508 e. The molecule has 0 spiro atoms. The number of amidine groups is 1. The Morgan fingerprint density at radius 1 is 1.27 bits per heavy atom. The lowest BCUT2D eigenvalue weighted by Gasteiger charge is -2.14. The van der Waals surface area contributed by atoms with Crippen molar-refractivity contribution in [1.29, 1.82) is 0 Å². The van der Waals surface area contributed by atoms with E-state index in [4.69, 9.17) is 5.11 Å². The Hall–Kier alpha value is -3.47. The first-order chi connectivity index (χ1) is 15.6. The molecule has 0 fully saturated rings. The van der Waals surface area contributed by atoms with Crippen molar-refractivity contribution in [3.05, 3.63) is 64.2 Å². The van der Waals surface area contributed by atoms with Gasteiger partial charge in [-0.15, -0.1) is 0 Å². The Bertz CT molecular complexity index is 1280. The zero-order valence-electron chi connectivity index (χ0n) is 17.4. The molecule has 0 atom stereocenters. The second-order valence-electron chi connectivity index (χ2n) is 7.52. The highest BCUT2D eigenvalue weighted by Crippen LogP contribution is 2.35. The van der Waals surface area contributed by atoms with E-state index in [0.29, 0.717) is 17.2 Å². The van der Waals surface area contributed by atoms with E-state index in [1.165, 1.54) is 28.6 Å². The van der Waals surface area contributed by atoms with Gasteiger partial charge < -0.3 is 15.1 Å². The predicted octanol–water partition coefficient (Wildman–Crippen LogP) is 4.27. The van der Waals surface area contributed by atoms with Crippen LogP contribution in [0, 0.1) is 0 Å². The average Bonchev–Trinajstić information content (AvgIpc) is 3.35. The van der Waals surface area contributed by atoms with E-state index in [1.807, 2.05) is 18.2 Å². The van der Waals surface area contributed by atoms with Gasteiger partial charge in [-0.05, 0) is 41.5 Å². The number of thioether (sulfide) groups is 1. The number of fused-ring (bicyclic) bond motifs is 1. The molecule has 0 amide bonds. The van der Waals surface area contributed by atoms with Gasteiger partial charge in [0, 0.05) is 17.3 Å². The Kier molecular flexibility index (Phi) is 6.07. The lowest BCUT2D eigenvalue weighted by molar-refractivity contribution is -0.138. The number of hydrogen-bond donors (Lipinski definition) is 2. The van der Waals surface area contributed by atoms with Crippen molar-refractivity contribution in [2.45, 2.75) is 12.7 Å². The Morgan fingerprint density at radius 3 is 2.79 bits per heavy atom. The number of phenols is 1. The third-order valence-corrected chi connectivity index (χ3v) is 6.14. The monoisotopic (exact) mass is 476 g/mol. The summed E-state index contributed by atoms with van der Waals surface area (Å²) >= 11 is 1.40. The number of benzene rings is 2. The van der Waals surface area contributed by atoms with Crippen LogP contribution in [-0.2, 0) is 17.5 Å². The number of carboxylic acid groups (broad SMARTS) is 1. The topological polar surface area (TPSA) is 91.0 Å². The normalized spacial score (nSPS) is 15.3. The number of aromatic hydroxyl groups is 1. The minimum absolute atomic E-state index is 0.00834. The molecule has 2 aromatic carbocycles. The van der Waals surface area contributed by atoms with E-state index in [9.17, 15) is 23.1 Å². The van der Waals surface area contributed by atoms with Gasteiger partial charge >= 0.3 is 12.1 Å². The molecule has 1 aliphatic heterocycles. The summed E-state index contributed by atoms with van der Waals surface area (Å²) < 4.78 is 41.6. The number of aliphatic carboxylic acids is 1. The molecule has 1 aliphatic rings. The number of nitrogens with zero attached hydrogens (tertiary/aromatic N) is 4. The Balaban J connectivity index is 1.54. The van der Waals surface area contributed by atoms with Gasteiger partial charge in [-0.1, -0.05) is 23.9 Å². The van der Waals surface area contributed by atoms with E-state index in [0.717, 1.165) is 21.9 Å². The van der Waals surface area contributed by atoms with Crippen LogP contribution in [-0.4, -0.2) is 56.2 Å². The van der Waals surface area contributed by atoms with Gasteiger partial charge in [0.05, 0.1) is 30.4 Å². The summed E-state index contributed by atoms with van der Waals surface area (Å²) in [6.45, 7) is 0.214. The molecule has 0 saturated heterocycles. The second-order valence-corrected chi connectivity index (χ2v) is 8.61. The van der Waals surface area contributed by atoms with Gasteiger partial charge in [0.25, 0.3) is 0 Å². The van der Waals surface area contributed by atoms with Crippen LogP contribution in [0.5, 0.6) is 5.75 Å². The highest BCUT2D eigenvalue weighted by atomic mass is 32.2. The third kappa shape index (κ3) is 5.14. The number of carboxylic acids is 1. The zero-order chi connectivity index (χ0) is 23.8. The van der Waals surface area contributed by atoms with E-state index < -0.39 is 23.5 Å². The third-order valence-electron chi connectivity index (χ3n) is 5.00. The number of hydrogen-bond acceptors (Lipinski definition) is 6. The maximum Gasteiger partial charge on any atom is 0.416 e. The largest absolute Gasteiger partial charge is 0.508 e. The first-order valence-corrected chi connectivity index (χ1v) is 10.6. The molecule has 0 radical (unpaired) electrons. The summed E-state index contributed by atoms with van der Waals surface area (Å²) in [5.41, 5.74) is 0.668. The summed E-state index contributed by atoms with van der Waals surface area (Å²) in [7, 11) is 1.67. The van der Waals surface area contributed by atoms with Gasteiger partial charge in [-0.25, -0.2) is 0 Å². The molecule has 3 aromatic rings. The maximum absolute atomic E-state index is 13.4. The summed E-state index contributed by atoms with van der Waals surface area (Å²) in [6.07, 6.45) is -1.06. The Morgan fingerprint density at radius 2 is 2.06 bits per heavy atom. The summed E-state index contributed by atoms with van der Waals surface area (Å²) in [5, 5.41) is 24.0. The molecular weight excluding hydrogens is 457 g/mol. The zero-order valence-corrected chi connectivity index (χ0v) is 18.2. The molecule has 0 unspecified atom stereocenters. The van der Waals surface area contributed by atoms with Gasteiger partial charge in [-0.2, -0.15) is 18.3 Å². The first kappa shape index (κ1) is 22.7. The molecular formula is C22H19F3N4O3S. The highest BCUT2D eigenvalue weighted by Gasteiger charge is 2.33. The number of phenolic OH excluding ortho intramolecular Hbond substituents is 1. The fraction of sp³-hybridized carbons (Fsp3) is 0.227. The Labute approximate surface area is 190 Å². The summed E-state index contributed by atoms with van der Waals surface area (Å²) in [4.78, 5) is 17.8. The fourth-order valence-electron chi connectivity index (χ4n) is 3.51. The fourth-order valence-corrected chi connectivity index (χ4v) is 4.41. The molecule has 7 nitrogen and oxygen atoms in total. The quantitative estimate of drug-likeness (QED) is 0.572. The molecule has 11 heteroatoms. The van der Waals surface area contributed by atoms with E-state index >= 15 is 0 Å². The van der Waals surface area contributed by atoms with Crippen molar-refractivity contribution in [3.8, 4) is 5.75 Å². The lowest BCUT2D eigenvalue weighted by atomic mass is 10.1. The van der Waals surface area contributed by atoms with Crippen LogP contribution in [0.1, 0.15) is 16.7 Å². The number of halogens is 3. The predicted molar refractivity (Wildman–Crippen MR) is 120 cm³/mol. The van der Waals surface area contributed by atoms with Crippen LogP contribution in [0.4, 0.5) is 13.2 Å². The van der Waals surface area contributed by atoms with Crippen molar-refractivity contribution >= 4 is 39.9 Å². The van der Waals surface area contributed by atoms with Gasteiger partial charge in [0.15, 0.2) is 5.17 Å². The average molecular weight is 476 g/mol. The van der Waals surface area contributed by atoms with Crippen LogP contribution >= 0.6 is 11.8 Å². The van der Waals surface area contributed by atoms with Gasteiger partial charge in [-0.3, -0.25) is 14.5 Å². The molecule has 0 saturated carbocycles. The lowest BCUT2D eigenvalue weighted by Crippen LogP contribution is -2.29. The molecule has 2 N–H and O–H groups in total. The highest BCUT2D eigenvalue weighted by molar-refractivity contribution is 8.17. The summed E-state index contributed by atoms with van der Waals surface area (Å²) in [5.74, 6) is -1.38. The van der Waals surface area contributed by atoms with Crippen LogP contribution in [0.3, 0.4) is 0 Å². The molecule has 1 aromatic heterocycles. The molecule has 0 bridgehead atoms. The van der Waals surface area contributed by atoms with Gasteiger partial charge in [0.2, 0.25) is 0 Å². The maximum atomic E-state index is 13.4. The number of alkyl halides is 3. The molecule has 2 heterocycles. The van der Waals surface area contributed by atoms with Gasteiger partial charge in [0.1, 0.15) is 12.3 Å². The van der Waals surface area contributed by atoms with Crippen LogP contribution in [0.25, 0.3) is 17.0 Å². The molecule has 4 rings (SSSR count). The first-order valence-electron chi connectivity index (χ1n) is 9.80. The molecule has 172 valence electrons. The number of likely N-dealkylation sites (N-methyl/N-ethyl adjacent to an activating group) is 1. The molecule has 0 aliphatic carbocycles. The minimum atomic E-state index is -4.59. The van der Waals surface area contributed by atoms with E-state index in [1.54, 1.807) is 24.2 Å². The van der Waals surface area contributed by atoms with Crippen molar-refractivity contribution in [2.24, 2.45) is 4.99 Å². The second kappa shape index (κ2) is 8.81. The van der Waals surface area contributed by atoms with Crippen LogP contribution in [0.15, 0.2) is 52.5 Å². The summed E-state index contributed by atoms with van der Waals surface area (Å²) in [6, 6.07) is 8.71. The smallest absolute Gasteiger partial charge is 0.416 e. The number of rotatable bonds is 5. The molecule has 33 heavy (non-hydrogen) atoms. The number of carbonyl (C=O) groups is 1. The SMILES string of the molecule is CN(CC(=O)O)C1=NCC(=Cc2ccc3c(cnn3Cc3ccc(O)cc3C(F)(F)F)c2)S1. The van der Waals surface area contributed by atoms with E-state index in [-0.39, 0.29) is 18.7 Å². The number of aliphatic imine (C=N–C) groups is 1. The van der Waals surface area contributed by atoms with E-state index in [2.05, 4.69) is 10.1 Å². The standard InChI is InChI=1S/C22H19F3N4O3S/c1-28(12-20(31)32)21-26-10-17(33-21)7-13-2-5-19-15(6-13)9-27-29(19)11-14-3-4-16(30)8-18(14)22(23,24)25/h2-9,30H,10-12H2,1H3,(H,31,32). The van der Waals surface area contributed by atoms with Crippen molar-refractivity contribution in [2.75, 3.05) is 20.1 Å². The number of aromatic nitrogens is 2. The van der Waals surface area contributed by atoms with Crippen molar-refractivity contribution in [3.63, 3.8) is 0 Å². The van der Waals surface area contributed by atoms with Crippen molar-refractivity contribution < 1.29 is 28.2 Å². The van der Waals surface area contributed by atoms with Crippen LogP contribution in [0.2, 0.25) is 0 Å². The van der Waals surface area contributed by atoms with Crippen molar-refractivity contribution in [1.82, 2.24) is 14.7 Å². The van der Waals surface area contributed by atoms with Crippen LogP contribution < -0.4 is 0 Å².